The number of aliphatic hydroxyl groups excluding tert-OH is 1. The van der Waals surface area contributed by atoms with Crippen LogP contribution in [-0.2, 0) is 20.5 Å². The molecule has 2 rings (SSSR count). The second kappa shape index (κ2) is 6.19. The first kappa shape index (κ1) is 16.7. The van der Waals surface area contributed by atoms with Crippen LogP contribution in [0.3, 0.4) is 0 Å². The van der Waals surface area contributed by atoms with Gasteiger partial charge in [0.25, 0.3) is 5.91 Å². The zero-order chi connectivity index (χ0) is 17.2. The molecule has 2 N–H and O–H groups in total. The third-order valence-electron chi connectivity index (χ3n) is 3.05. The molecule has 1 heterocycles. The summed E-state index contributed by atoms with van der Waals surface area (Å²) in [6, 6.07) is 3.99. The van der Waals surface area contributed by atoms with Gasteiger partial charge in [0, 0.05) is 0 Å². The highest BCUT2D eigenvalue weighted by molar-refractivity contribution is 6.17. The maximum Gasteiger partial charge on any atom is 0.416 e. The SMILES string of the molecule is CCOC(=O)C1=C(O)CN(c2ccc(C(F)(F)F)cc2)NC1=O. The van der Waals surface area contributed by atoms with Crippen molar-refractivity contribution < 1.29 is 32.6 Å². The van der Waals surface area contributed by atoms with Crippen molar-refractivity contribution in [3.8, 4) is 0 Å². The number of anilines is 1. The van der Waals surface area contributed by atoms with Crippen molar-refractivity contribution in [2.24, 2.45) is 0 Å². The van der Waals surface area contributed by atoms with Crippen LogP contribution < -0.4 is 10.4 Å². The number of rotatable bonds is 3. The molecular weight excluding hydrogens is 317 g/mol. The van der Waals surface area contributed by atoms with E-state index in [0.29, 0.717) is 0 Å². The van der Waals surface area contributed by atoms with Crippen LogP contribution in [0.25, 0.3) is 0 Å². The number of halogens is 3. The van der Waals surface area contributed by atoms with E-state index in [1.54, 1.807) is 6.92 Å². The molecule has 0 fully saturated rings. The summed E-state index contributed by atoms with van der Waals surface area (Å²) in [7, 11) is 0. The third-order valence-corrected chi connectivity index (χ3v) is 3.05. The number of aliphatic hydroxyl groups is 1. The van der Waals surface area contributed by atoms with E-state index in [2.05, 4.69) is 10.2 Å². The molecule has 1 aromatic rings. The minimum Gasteiger partial charge on any atom is -0.509 e. The van der Waals surface area contributed by atoms with Crippen molar-refractivity contribution in [3.05, 3.63) is 41.2 Å². The number of carbonyl (C=O) groups excluding carboxylic acids is 2. The lowest BCUT2D eigenvalue weighted by molar-refractivity contribution is -0.141. The Morgan fingerprint density at radius 2 is 1.96 bits per heavy atom. The summed E-state index contributed by atoms with van der Waals surface area (Å²) in [4.78, 5) is 23.5. The second-order valence-corrected chi connectivity index (χ2v) is 4.61. The predicted molar refractivity (Wildman–Crippen MR) is 73.2 cm³/mol. The molecule has 0 aromatic heterocycles. The number of ether oxygens (including phenoxy) is 1. The van der Waals surface area contributed by atoms with Gasteiger partial charge in [-0.25, -0.2) is 4.79 Å². The average Bonchev–Trinajstić information content (AvgIpc) is 2.46. The first-order valence-electron chi connectivity index (χ1n) is 6.59. The van der Waals surface area contributed by atoms with Gasteiger partial charge in [-0.3, -0.25) is 15.2 Å². The monoisotopic (exact) mass is 330 g/mol. The van der Waals surface area contributed by atoms with Crippen molar-refractivity contribution >= 4 is 17.6 Å². The quantitative estimate of drug-likeness (QED) is 0.654. The second-order valence-electron chi connectivity index (χ2n) is 4.61. The Kier molecular flexibility index (Phi) is 4.48. The third kappa shape index (κ3) is 3.55. The molecule has 1 amide bonds. The van der Waals surface area contributed by atoms with Crippen molar-refractivity contribution in [1.82, 2.24) is 5.43 Å². The molecule has 0 saturated carbocycles. The van der Waals surface area contributed by atoms with Crippen molar-refractivity contribution in [3.63, 3.8) is 0 Å². The van der Waals surface area contributed by atoms with Crippen LogP contribution in [0.2, 0.25) is 0 Å². The molecule has 6 nitrogen and oxygen atoms in total. The highest BCUT2D eigenvalue weighted by atomic mass is 19.4. The number of benzene rings is 1. The minimum absolute atomic E-state index is 0.0332. The van der Waals surface area contributed by atoms with Gasteiger partial charge < -0.3 is 9.84 Å². The van der Waals surface area contributed by atoms with E-state index in [1.807, 2.05) is 0 Å². The topological polar surface area (TPSA) is 78.9 Å². The summed E-state index contributed by atoms with van der Waals surface area (Å²) < 4.78 is 42.2. The fourth-order valence-corrected chi connectivity index (χ4v) is 1.98. The summed E-state index contributed by atoms with van der Waals surface area (Å²) in [5, 5.41) is 11.0. The van der Waals surface area contributed by atoms with Gasteiger partial charge in [0.2, 0.25) is 0 Å². The molecular formula is C14H13F3N2O4. The number of esters is 1. The molecule has 0 atom stereocenters. The fraction of sp³-hybridized carbons (Fsp3) is 0.286. The van der Waals surface area contributed by atoms with Gasteiger partial charge in [-0.05, 0) is 31.2 Å². The first-order valence-corrected chi connectivity index (χ1v) is 6.59. The zero-order valence-corrected chi connectivity index (χ0v) is 12.0. The number of hydrazine groups is 1. The summed E-state index contributed by atoms with van der Waals surface area (Å²) in [5.74, 6) is -2.38. The Hall–Kier alpha value is -2.71. The lowest BCUT2D eigenvalue weighted by atomic mass is 10.1. The predicted octanol–water partition coefficient (Wildman–Crippen LogP) is 1.93. The summed E-state index contributed by atoms with van der Waals surface area (Å²) in [5.41, 5.74) is 1.17. The average molecular weight is 330 g/mol. The molecule has 23 heavy (non-hydrogen) atoms. The van der Waals surface area contributed by atoms with Crippen LogP contribution >= 0.6 is 0 Å². The van der Waals surface area contributed by atoms with E-state index >= 15 is 0 Å². The molecule has 0 spiro atoms. The number of carbonyl (C=O) groups is 2. The highest BCUT2D eigenvalue weighted by Crippen LogP contribution is 2.30. The van der Waals surface area contributed by atoms with E-state index in [4.69, 9.17) is 0 Å². The van der Waals surface area contributed by atoms with E-state index < -0.39 is 34.9 Å². The standard InChI is InChI=1S/C14H13F3N2O4/c1-2-23-13(22)11-10(20)7-19(18-12(11)21)9-5-3-8(4-6-9)14(15,16)17/h3-6,20H,2,7H2,1H3,(H,18,21). The maximum absolute atomic E-state index is 12.5. The van der Waals surface area contributed by atoms with Gasteiger partial charge in [0.15, 0.2) is 5.57 Å². The Morgan fingerprint density at radius 1 is 1.35 bits per heavy atom. The van der Waals surface area contributed by atoms with Gasteiger partial charge in [-0.1, -0.05) is 0 Å². The molecule has 0 radical (unpaired) electrons. The maximum atomic E-state index is 12.5. The molecule has 9 heteroatoms. The Bertz CT molecular complexity index is 653. The summed E-state index contributed by atoms with van der Waals surface area (Å²) in [6.07, 6.45) is -4.47. The summed E-state index contributed by atoms with van der Waals surface area (Å²) in [6.45, 7) is 1.31. The number of hydrogen-bond acceptors (Lipinski definition) is 5. The molecule has 1 aromatic carbocycles. The Balaban J connectivity index is 2.22. The van der Waals surface area contributed by atoms with Crippen molar-refractivity contribution in [1.29, 1.82) is 0 Å². The van der Waals surface area contributed by atoms with Crippen molar-refractivity contribution in [2.75, 3.05) is 18.2 Å². The number of alkyl halides is 3. The van der Waals surface area contributed by atoms with Gasteiger partial charge >= 0.3 is 12.1 Å². The van der Waals surface area contributed by atoms with E-state index in [9.17, 15) is 27.9 Å². The summed E-state index contributed by atoms with van der Waals surface area (Å²) >= 11 is 0. The number of amides is 1. The van der Waals surface area contributed by atoms with Crippen molar-refractivity contribution in [2.45, 2.75) is 13.1 Å². The van der Waals surface area contributed by atoms with Crippen LogP contribution in [0.4, 0.5) is 18.9 Å². The normalized spacial score (nSPS) is 15.5. The number of hydrogen-bond donors (Lipinski definition) is 2. The lowest BCUT2D eigenvalue weighted by Crippen LogP contribution is -2.50. The molecule has 1 aliphatic heterocycles. The van der Waals surface area contributed by atoms with Gasteiger partial charge in [0.05, 0.1) is 24.4 Å². The van der Waals surface area contributed by atoms with E-state index in [1.165, 1.54) is 0 Å². The van der Waals surface area contributed by atoms with Crippen LogP contribution in [-0.4, -0.2) is 30.1 Å². The Labute approximate surface area is 129 Å². The zero-order valence-electron chi connectivity index (χ0n) is 12.0. The Morgan fingerprint density at radius 3 is 2.43 bits per heavy atom. The van der Waals surface area contributed by atoms with Gasteiger partial charge in [-0.2, -0.15) is 13.2 Å². The first-order chi connectivity index (χ1) is 10.7. The molecule has 1 aliphatic rings. The number of nitrogens with one attached hydrogen (secondary N) is 1. The molecule has 0 unspecified atom stereocenters. The lowest BCUT2D eigenvalue weighted by Gasteiger charge is -2.29. The van der Waals surface area contributed by atoms with Gasteiger partial charge in [0.1, 0.15) is 5.76 Å². The van der Waals surface area contributed by atoms with Crippen LogP contribution in [0, 0.1) is 0 Å². The highest BCUT2D eigenvalue weighted by Gasteiger charge is 2.33. The van der Waals surface area contributed by atoms with Gasteiger partial charge in [-0.15, -0.1) is 0 Å². The van der Waals surface area contributed by atoms with E-state index in [-0.39, 0.29) is 18.8 Å². The molecule has 0 bridgehead atoms. The van der Waals surface area contributed by atoms with Crippen LogP contribution in [0.1, 0.15) is 12.5 Å². The molecule has 0 aliphatic carbocycles. The minimum atomic E-state index is -4.47. The van der Waals surface area contributed by atoms with Crippen LogP contribution in [0.5, 0.6) is 0 Å². The molecule has 124 valence electrons. The smallest absolute Gasteiger partial charge is 0.416 e. The largest absolute Gasteiger partial charge is 0.509 e. The number of nitrogens with zero attached hydrogens (tertiary/aromatic N) is 1. The van der Waals surface area contributed by atoms with E-state index in [0.717, 1.165) is 29.3 Å². The fourth-order valence-electron chi connectivity index (χ4n) is 1.98. The molecule has 0 saturated heterocycles. The van der Waals surface area contributed by atoms with Crippen LogP contribution in [0.15, 0.2) is 35.6 Å².